The smallest absolute Gasteiger partial charge is 0.326 e. The Balaban J connectivity index is 2.40. The van der Waals surface area contributed by atoms with Crippen molar-refractivity contribution in [1.82, 2.24) is 53.2 Å². The quantitative estimate of drug-likeness (QED) is 0.0289. The first-order valence-electron chi connectivity index (χ1n) is 27.1. The van der Waals surface area contributed by atoms with Gasteiger partial charge in [0.1, 0.15) is 71.9 Å². The van der Waals surface area contributed by atoms with E-state index in [0.717, 1.165) is 6.92 Å². The number of thiol groups is 1. The lowest BCUT2D eigenvalue weighted by molar-refractivity contribution is -0.142. The molecule has 0 aliphatic rings. The Morgan fingerprint density at radius 3 is 1.25 bits per heavy atom. The molecule has 85 heavy (non-hydrogen) atoms. The zero-order chi connectivity index (χ0) is 64.4. The molecule has 11 amide bonds. The van der Waals surface area contributed by atoms with Gasteiger partial charge in [0.05, 0.1) is 18.9 Å². The van der Waals surface area contributed by atoms with Gasteiger partial charge in [-0.05, 0) is 80.8 Å². The Kier molecular flexibility index (Phi) is 30.3. The number of phenolic OH excluding ortho intramolecular Hbond substituents is 2. The molecule has 0 aromatic heterocycles. The number of benzene rings is 2. The number of phenols is 2. The maximum atomic E-state index is 14.2. The van der Waals surface area contributed by atoms with Crippen LogP contribution in [0, 0.1) is 11.8 Å². The van der Waals surface area contributed by atoms with Crippen molar-refractivity contribution in [2.45, 2.75) is 160 Å². The lowest BCUT2D eigenvalue weighted by atomic mass is 9.99. The summed E-state index contributed by atoms with van der Waals surface area (Å²) in [6.45, 7) is 10.7. The number of amides is 11. The first-order valence-corrected chi connectivity index (χ1v) is 27.7. The van der Waals surface area contributed by atoms with E-state index in [0.29, 0.717) is 5.56 Å². The normalized spacial score (nSPS) is 15.0. The molecule has 0 fully saturated rings. The molecule has 2 aromatic carbocycles. The molecule has 0 radical (unpaired) electrons. The van der Waals surface area contributed by atoms with Gasteiger partial charge in [0.15, 0.2) is 0 Å². The second kappa shape index (κ2) is 35.5. The maximum Gasteiger partial charge on any atom is 0.326 e. The maximum absolute atomic E-state index is 14.2. The summed E-state index contributed by atoms with van der Waals surface area (Å²) in [5.74, 6) is -15.6. The van der Waals surface area contributed by atoms with Gasteiger partial charge in [0, 0.05) is 31.6 Å². The van der Waals surface area contributed by atoms with Crippen LogP contribution in [0.5, 0.6) is 11.5 Å². The molecule has 2 rings (SSSR count). The number of aliphatic carboxylic acids is 2. The van der Waals surface area contributed by atoms with Gasteiger partial charge in [-0.1, -0.05) is 52.0 Å². The fourth-order valence-electron chi connectivity index (χ4n) is 8.03. The van der Waals surface area contributed by atoms with Crippen LogP contribution in [0.4, 0.5) is 0 Å². The van der Waals surface area contributed by atoms with Crippen molar-refractivity contribution in [2.24, 2.45) is 23.3 Å². The molecule has 19 N–H and O–H groups in total. The largest absolute Gasteiger partial charge is 0.508 e. The number of carboxylic acid groups (broad SMARTS) is 2. The molecule has 30 nitrogen and oxygen atoms in total. The van der Waals surface area contributed by atoms with Crippen LogP contribution < -0.4 is 64.6 Å². The summed E-state index contributed by atoms with van der Waals surface area (Å²) in [6.07, 6.45) is -4.56. The van der Waals surface area contributed by atoms with Crippen LogP contribution in [0.1, 0.15) is 91.7 Å². The number of rotatable bonds is 36. The predicted octanol–water partition coefficient (Wildman–Crippen LogP) is -4.04. The molecule has 0 aliphatic heterocycles. The summed E-state index contributed by atoms with van der Waals surface area (Å²) < 4.78 is 0. The van der Waals surface area contributed by atoms with E-state index < -0.39 is 168 Å². The Labute approximate surface area is 495 Å². The minimum atomic E-state index is -1.97. The first-order chi connectivity index (χ1) is 39.7. The Bertz CT molecular complexity index is 2680. The summed E-state index contributed by atoms with van der Waals surface area (Å²) >= 11 is 4.11. The number of primary amides is 1. The first kappa shape index (κ1) is 72.5. The Morgan fingerprint density at radius 2 is 0.824 bits per heavy atom. The second-order valence-electron chi connectivity index (χ2n) is 21.0. The summed E-state index contributed by atoms with van der Waals surface area (Å²) in [4.78, 5) is 172. The topological polar surface area (TPSA) is 495 Å². The van der Waals surface area contributed by atoms with Gasteiger partial charge in [-0.15, -0.1) is 0 Å². The zero-order valence-electron chi connectivity index (χ0n) is 48.1. The molecule has 31 heteroatoms. The van der Waals surface area contributed by atoms with E-state index in [4.69, 9.17) is 11.5 Å². The second-order valence-corrected chi connectivity index (χ2v) is 21.4. The highest BCUT2D eigenvalue weighted by molar-refractivity contribution is 7.80. The lowest BCUT2D eigenvalue weighted by Gasteiger charge is -2.29. The van der Waals surface area contributed by atoms with Crippen LogP contribution in [-0.4, -0.2) is 181 Å². The average molecular weight is 1220 g/mol. The number of carboxylic acids is 2. The van der Waals surface area contributed by atoms with Crippen molar-refractivity contribution >= 4 is 89.5 Å². The van der Waals surface area contributed by atoms with E-state index >= 15 is 0 Å². The number of aliphatic hydroxyl groups excluding tert-OH is 1. The van der Waals surface area contributed by atoms with Crippen LogP contribution in [0.25, 0.3) is 0 Å². The van der Waals surface area contributed by atoms with E-state index in [1.54, 1.807) is 27.7 Å². The molecule has 0 saturated carbocycles. The summed E-state index contributed by atoms with van der Waals surface area (Å²) in [6, 6.07) is -5.28. The molecule has 0 spiro atoms. The van der Waals surface area contributed by atoms with Gasteiger partial charge < -0.3 is 90.2 Å². The fourth-order valence-corrected chi connectivity index (χ4v) is 8.29. The van der Waals surface area contributed by atoms with Crippen LogP contribution in [0.3, 0.4) is 0 Å². The summed E-state index contributed by atoms with van der Waals surface area (Å²) in [5, 5.41) is 73.8. The van der Waals surface area contributed by atoms with Gasteiger partial charge in [0.2, 0.25) is 65.0 Å². The number of hydrogen-bond acceptors (Lipinski definition) is 18. The molecule has 2 aromatic rings. The van der Waals surface area contributed by atoms with Gasteiger partial charge in [0.25, 0.3) is 0 Å². The molecule has 0 heterocycles. The number of nitrogens with two attached hydrogens (primary N) is 2. The molecular formula is C54H80N12O18S. The standard InChI is InChI=1S/C54H80N12O18S/c1-25(2)18-34(59-46(75)28(6)58-45(74)27(5)57-42(71)16-17-55)47(76)60-35(19-26(3)4)48(77)63-38(23-43(72)73)50(79)61-36(20-30-8-12-32(68)13-9-30)51(80)66-44(29(7)67)53(82)65-40(24-85)52(81)62-37(22-41(56)70)49(78)64-39(54(83)84)21-31-10-14-33(69)15-11-31/h8-15,25-29,34-40,44,67-69,85H,16-24,55H2,1-7H3,(H2,56,70)(H,57,71)(H,58,74)(H,59,75)(H,60,76)(H,61,79)(H,62,81)(H,63,77)(H,64,78)(H,65,82)(H,66,80)(H,72,73)(H,83,84)/t27-,28-,29+,34-,35-,36-,37-,38-,39-,40-,44-/m0/s1. The summed E-state index contributed by atoms with van der Waals surface area (Å²) in [7, 11) is 0. The fraction of sp³-hybridized carbons (Fsp3) is 0.537. The number of nitrogens with one attached hydrogen (secondary N) is 10. The highest BCUT2D eigenvalue weighted by Crippen LogP contribution is 2.15. The van der Waals surface area contributed by atoms with Crippen molar-refractivity contribution < 1.29 is 87.9 Å². The predicted molar refractivity (Wildman–Crippen MR) is 306 cm³/mol. The van der Waals surface area contributed by atoms with Crippen molar-refractivity contribution in [3.05, 3.63) is 59.7 Å². The van der Waals surface area contributed by atoms with E-state index in [-0.39, 0.29) is 61.1 Å². The highest BCUT2D eigenvalue weighted by atomic mass is 32.1. The highest BCUT2D eigenvalue weighted by Gasteiger charge is 2.37. The zero-order valence-corrected chi connectivity index (χ0v) is 49.0. The van der Waals surface area contributed by atoms with E-state index in [2.05, 4.69) is 65.8 Å². The third-order valence-corrected chi connectivity index (χ3v) is 12.9. The Morgan fingerprint density at radius 1 is 0.459 bits per heavy atom. The van der Waals surface area contributed by atoms with Crippen LogP contribution in [0.2, 0.25) is 0 Å². The van der Waals surface area contributed by atoms with E-state index in [9.17, 15) is 87.9 Å². The van der Waals surface area contributed by atoms with Gasteiger partial charge in [-0.3, -0.25) is 57.5 Å². The molecule has 0 bridgehead atoms. The molecule has 11 atom stereocenters. The van der Waals surface area contributed by atoms with E-state index in [1.807, 2.05) is 0 Å². The number of carbonyl (C=O) groups excluding carboxylic acids is 11. The lowest BCUT2D eigenvalue weighted by Crippen LogP contribution is -2.62. The van der Waals surface area contributed by atoms with Crippen LogP contribution in [0.15, 0.2) is 48.5 Å². The van der Waals surface area contributed by atoms with Gasteiger partial charge in [-0.25, -0.2) is 4.79 Å². The molecule has 0 unspecified atom stereocenters. The van der Waals surface area contributed by atoms with Crippen LogP contribution >= 0.6 is 12.6 Å². The third kappa shape index (κ3) is 26.3. The van der Waals surface area contributed by atoms with Crippen molar-refractivity contribution in [3.63, 3.8) is 0 Å². The molecule has 0 aliphatic carbocycles. The number of carbonyl (C=O) groups is 13. The monoisotopic (exact) mass is 1220 g/mol. The van der Waals surface area contributed by atoms with Crippen molar-refractivity contribution in [3.8, 4) is 11.5 Å². The number of hydrogen-bond donors (Lipinski definition) is 18. The van der Waals surface area contributed by atoms with Crippen LogP contribution in [-0.2, 0) is 75.2 Å². The number of aliphatic hydroxyl groups is 1. The van der Waals surface area contributed by atoms with E-state index in [1.165, 1.54) is 62.4 Å². The number of aromatic hydroxyl groups is 2. The minimum absolute atomic E-state index is 0.0269. The SMILES string of the molecule is CC(C)C[C@H](NC(=O)[C@H](C)NC(=O)[C@H](C)NC(=O)CCN)C(=O)N[C@@H](CC(C)C)C(=O)N[C@@H](CC(=O)O)C(=O)N[C@@H](Cc1ccc(O)cc1)C(=O)N[C@H](C(=O)N[C@@H](CS)C(=O)N[C@@H](CC(N)=O)C(=O)N[C@@H](Cc1ccc(O)cc1)C(=O)O)[C@@H](C)O. The molecule has 470 valence electrons. The van der Waals surface area contributed by atoms with Gasteiger partial charge in [-0.2, -0.15) is 12.6 Å². The van der Waals surface area contributed by atoms with Crippen molar-refractivity contribution in [2.75, 3.05) is 12.3 Å². The summed E-state index contributed by atoms with van der Waals surface area (Å²) in [5.41, 5.74) is 11.4. The van der Waals surface area contributed by atoms with Gasteiger partial charge >= 0.3 is 11.9 Å². The average Bonchev–Trinajstić information content (AvgIpc) is 3.45. The molecular weight excluding hydrogens is 1140 g/mol. The molecule has 0 saturated heterocycles. The van der Waals surface area contributed by atoms with Crippen molar-refractivity contribution in [1.29, 1.82) is 0 Å². The third-order valence-electron chi connectivity index (χ3n) is 12.5. The Hall–Kier alpha value is -8.58. The minimum Gasteiger partial charge on any atom is -0.508 e.